The first-order chi connectivity index (χ1) is 9.44. The van der Waals surface area contributed by atoms with Gasteiger partial charge in [0.2, 0.25) is 0 Å². The van der Waals surface area contributed by atoms with Crippen molar-refractivity contribution in [2.45, 2.75) is 25.2 Å². The van der Waals surface area contributed by atoms with Crippen molar-refractivity contribution in [1.29, 1.82) is 0 Å². The Morgan fingerprint density at radius 2 is 2.15 bits per heavy atom. The topological polar surface area (TPSA) is 58.6 Å². The number of hydrogen-bond donors (Lipinski definition) is 1. The Hall–Kier alpha value is -1.11. The van der Waals surface area contributed by atoms with E-state index in [0.717, 1.165) is 25.0 Å². The molecule has 0 saturated heterocycles. The van der Waals surface area contributed by atoms with Crippen molar-refractivity contribution in [2.24, 2.45) is 0 Å². The van der Waals surface area contributed by atoms with Crippen LogP contribution < -0.4 is 9.46 Å². The second-order valence-electron chi connectivity index (χ2n) is 5.29. The fraction of sp³-hybridized carbons (Fsp3) is 0.571. The van der Waals surface area contributed by atoms with Crippen LogP contribution in [0.25, 0.3) is 0 Å². The van der Waals surface area contributed by atoms with Crippen LogP contribution in [0, 0.1) is 0 Å². The van der Waals surface area contributed by atoms with E-state index in [1.807, 2.05) is 6.07 Å². The quantitative estimate of drug-likeness (QED) is 0.896. The smallest absolute Gasteiger partial charge is 0.278 e. The zero-order valence-corrected chi connectivity index (χ0v) is 13.0. The van der Waals surface area contributed by atoms with Gasteiger partial charge in [0, 0.05) is 20.6 Å². The van der Waals surface area contributed by atoms with E-state index in [0.29, 0.717) is 6.54 Å². The van der Waals surface area contributed by atoms with Crippen LogP contribution in [0.3, 0.4) is 0 Å². The van der Waals surface area contributed by atoms with Crippen LogP contribution in [-0.4, -0.2) is 40.5 Å². The Labute approximate surface area is 121 Å². The van der Waals surface area contributed by atoms with Crippen LogP contribution in [0.4, 0.5) is 0 Å². The highest BCUT2D eigenvalue weighted by Gasteiger charge is 2.23. The minimum absolute atomic E-state index is 0.236. The van der Waals surface area contributed by atoms with Gasteiger partial charge in [-0.3, -0.25) is 0 Å². The standard InChI is InChI=1S/C14H22N2O3S/c1-16(2)20(17,18)15-10-12-6-4-5-11-9-13(19-3)7-8-14(11)12/h7-9,12,15H,4-6,10H2,1-3H3/t12-/m1/s1. The molecule has 2 rings (SSSR count). The number of nitrogens with zero attached hydrogens (tertiary/aromatic N) is 1. The van der Waals surface area contributed by atoms with Gasteiger partial charge in [-0.2, -0.15) is 12.7 Å². The number of hydrogen-bond acceptors (Lipinski definition) is 3. The molecule has 1 aliphatic carbocycles. The monoisotopic (exact) mass is 298 g/mol. The summed E-state index contributed by atoms with van der Waals surface area (Å²) < 4.78 is 32.7. The number of rotatable bonds is 5. The fourth-order valence-electron chi connectivity index (χ4n) is 2.57. The molecule has 0 bridgehead atoms. The number of ether oxygens (including phenoxy) is 1. The lowest BCUT2D eigenvalue weighted by Gasteiger charge is -2.26. The molecule has 0 fully saturated rings. The third-order valence-corrected chi connectivity index (χ3v) is 5.27. The van der Waals surface area contributed by atoms with Crippen molar-refractivity contribution >= 4 is 10.2 Å². The molecule has 0 saturated carbocycles. The third-order valence-electron chi connectivity index (χ3n) is 3.78. The van der Waals surface area contributed by atoms with Crippen molar-refractivity contribution in [3.05, 3.63) is 29.3 Å². The molecule has 5 nitrogen and oxygen atoms in total. The molecule has 0 radical (unpaired) electrons. The molecule has 1 aliphatic rings. The van der Waals surface area contributed by atoms with Crippen LogP contribution in [0.2, 0.25) is 0 Å². The Morgan fingerprint density at radius 1 is 1.40 bits per heavy atom. The van der Waals surface area contributed by atoms with Gasteiger partial charge in [0.05, 0.1) is 7.11 Å². The maximum absolute atomic E-state index is 11.8. The molecule has 0 heterocycles. The van der Waals surface area contributed by atoms with E-state index in [-0.39, 0.29) is 5.92 Å². The van der Waals surface area contributed by atoms with Gasteiger partial charge in [0.1, 0.15) is 5.75 Å². The third kappa shape index (κ3) is 3.31. The van der Waals surface area contributed by atoms with Crippen LogP contribution in [0.15, 0.2) is 18.2 Å². The maximum atomic E-state index is 11.8. The molecule has 20 heavy (non-hydrogen) atoms. The predicted molar refractivity (Wildman–Crippen MR) is 79.3 cm³/mol. The van der Waals surface area contributed by atoms with Gasteiger partial charge in [0.15, 0.2) is 0 Å². The first-order valence-electron chi connectivity index (χ1n) is 6.78. The summed E-state index contributed by atoms with van der Waals surface area (Å²) in [5.41, 5.74) is 2.50. The lowest BCUT2D eigenvalue weighted by atomic mass is 9.83. The Morgan fingerprint density at radius 3 is 2.80 bits per heavy atom. The highest BCUT2D eigenvalue weighted by atomic mass is 32.2. The summed E-state index contributed by atoms with van der Waals surface area (Å²) >= 11 is 0. The zero-order chi connectivity index (χ0) is 14.8. The van der Waals surface area contributed by atoms with Crippen molar-refractivity contribution in [3.63, 3.8) is 0 Å². The van der Waals surface area contributed by atoms with Gasteiger partial charge in [0.25, 0.3) is 10.2 Å². The second-order valence-corrected chi connectivity index (χ2v) is 7.26. The minimum atomic E-state index is -3.35. The number of methoxy groups -OCH3 is 1. The van der Waals surface area contributed by atoms with Crippen LogP contribution >= 0.6 is 0 Å². The predicted octanol–water partition coefficient (Wildman–Crippen LogP) is 1.51. The molecule has 0 amide bonds. The molecule has 1 aromatic rings. The van der Waals surface area contributed by atoms with Crippen molar-refractivity contribution < 1.29 is 13.2 Å². The Bertz CT molecular complexity index is 570. The molecule has 1 N–H and O–H groups in total. The number of fused-ring (bicyclic) bond motifs is 1. The molecule has 6 heteroatoms. The second kappa shape index (κ2) is 6.11. The molecule has 0 spiro atoms. The van der Waals surface area contributed by atoms with E-state index >= 15 is 0 Å². The Kier molecular flexibility index (Phi) is 4.67. The number of nitrogens with one attached hydrogen (secondary N) is 1. The van der Waals surface area contributed by atoms with Gasteiger partial charge >= 0.3 is 0 Å². The summed E-state index contributed by atoms with van der Waals surface area (Å²) in [6.07, 6.45) is 3.12. The SMILES string of the molecule is COc1ccc2c(c1)CCC[C@@H]2CNS(=O)(=O)N(C)C. The van der Waals surface area contributed by atoms with E-state index in [4.69, 9.17) is 4.74 Å². The summed E-state index contributed by atoms with van der Waals surface area (Å²) in [4.78, 5) is 0. The van der Waals surface area contributed by atoms with Gasteiger partial charge in [-0.25, -0.2) is 4.72 Å². The van der Waals surface area contributed by atoms with E-state index in [1.165, 1.54) is 29.5 Å². The van der Waals surface area contributed by atoms with E-state index in [2.05, 4.69) is 16.9 Å². The first-order valence-corrected chi connectivity index (χ1v) is 8.22. The first kappa shape index (κ1) is 15.3. The van der Waals surface area contributed by atoms with Crippen LogP contribution in [-0.2, 0) is 16.6 Å². The summed E-state index contributed by atoms with van der Waals surface area (Å²) in [7, 11) is 1.37. The van der Waals surface area contributed by atoms with Gasteiger partial charge < -0.3 is 4.74 Å². The highest BCUT2D eigenvalue weighted by molar-refractivity contribution is 7.87. The average Bonchev–Trinajstić information content (AvgIpc) is 2.44. The highest BCUT2D eigenvalue weighted by Crippen LogP contribution is 2.33. The van der Waals surface area contributed by atoms with Crippen LogP contribution in [0.5, 0.6) is 5.75 Å². The van der Waals surface area contributed by atoms with Crippen LogP contribution in [0.1, 0.15) is 29.9 Å². The Balaban J connectivity index is 2.13. The van der Waals surface area contributed by atoms with Gasteiger partial charge in [-0.1, -0.05) is 6.07 Å². The largest absolute Gasteiger partial charge is 0.497 e. The van der Waals surface area contributed by atoms with Crippen molar-refractivity contribution in [2.75, 3.05) is 27.7 Å². The van der Waals surface area contributed by atoms with Crippen molar-refractivity contribution in [1.82, 2.24) is 9.03 Å². The minimum Gasteiger partial charge on any atom is -0.497 e. The molecule has 1 aromatic carbocycles. The van der Waals surface area contributed by atoms with Gasteiger partial charge in [-0.05, 0) is 48.4 Å². The molecule has 0 aliphatic heterocycles. The average molecular weight is 298 g/mol. The summed E-state index contributed by atoms with van der Waals surface area (Å²) in [5.74, 6) is 1.10. The molecule has 112 valence electrons. The van der Waals surface area contributed by atoms with Gasteiger partial charge in [-0.15, -0.1) is 0 Å². The van der Waals surface area contributed by atoms with E-state index < -0.39 is 10.2 Å². The molecule has 0 aromatic heterocycles. The maximum Gasteiger partial charge on any atom is 0.278 e. The van der Waals surface area contributed by atoms with Crippen molar-refractivity contribution in [3.8, 4) is 5.75 Å². The lowest BCUT2D eigenvalue weighted by Crippen LogP contribution is -2.38. The summed E-state index contributed by atoms with van der Waals surface area (Å²) in [6.45, 7) is 0.444. The molecular formula is C14H22N2O3S. The fourth-order valence-corrected chi connectivity index (χ4v) is 3.24. The normalized spacial score (nSPS) is 18.9. The lowest BCUT2D eigenvalue weighted by molar-refractivity contribution is 0.412. The number of benzene rings is 1. The van der Waals surface area contributed by atoms with E-state index in [9.17, 15) is 8.42 Å². The molecular weight excluding hydrogens is 276 g/mol. The number of aryl methyl sites for hydroxylation is 1. The summed E-state index contributed by atoms with van der Waals surface area (Å²) in [6, 6.07) is 6.06. The molecule has 0 unspecified atom stereocenters. The summed E-state index contributed by atoms with van der Waals surface area (Å²) in [5, 5.41) is 0. The van der Waals surface area contributed by atoms with E-state index in [1.54, 1.807) is 7.11 Å². The molecule has 1 atom stereocenters. The zero-order valence-electron chi connectivity index (χ0n) is 12.2.